The molecule has 4 heteroatoms. The van der Waals surface area contributed by atoms with Crippen LogP contribution in [-0.2, 0) is 0 Å². The van der Waals surface area contributed by atoms with Gasteiger partial charge in [0.1, 0.15) is 0 Å². The van der Waals surface area contributed by atoms with Crippen LogP contribution in [0.4, 0.5) is 0 Å². The van der Waals surface area contributed by atoms with E-state index < -0.39 is 0 Å². The topological polar surface area (TPSA) is 51.6 Å². The Balaban J connectivity index is 0.000000152. The first-order valence-electron chi connectivity index (χ1n) is 42.3. The molecule has 580 valence electrons. The maximum absolute atomic E-state index is 5.32. The minimum Gasteiger partial charge on any atom is -0.248 e. The van der Waals surface area contributed by atoms with Gasteiger partial charge in [0.25, 0.3) is 0 Å². The average molecular weight is 1580 g/mol. The van der Waals surface area contributed by atoms with Crippen LogP contribution in [0.15, 0.2) is 485 Å². The van der Waals surface area contributed by atoms with Crippen molar-refractivity contribution >= 4 is 43.1 Å². The van der Waals surface area contributed by atoms with E-state index in [1.54, 1.807) is 0 Å². The van der Waals surface area contributed by atoms with E-state index in [0.717, 1.165) is 157 Å². The van der Waals surface area contributed by atoms with Gasteiger partial charge in [-0.1, -0.05) is 413 Å². The predicted molar refractivity (Wildman–Crippen MR) is 521 cm³/mol. The van der Waals surface area contributed by atoms with E-state index in [0.29, 0.717) is 0 Å². The van der Waals surface area contributed by atoms with E-state index in [1.807, 2.05) is 0 Å². The Hall–Kier alpha value is -16.4. The van der Waals surface area contributed by atoms with Gasteiger partial charge in [0.15, 0.2) is 0 Å². The number of benzene rings is 18. The van der Waals surface area contributed by atoms with E-state index in [9.17, 15) is 0 Å². The Morgan fingerprint density at radius 3 is 0.452 bits per heavy atom. The summed E-state index contributed by atoms with van der Waals surface area (Å²) in [5, 5.41) is 9.77. The van der Waals surface area contributed by atoms with Crippen LogP contribution >= 0.6 is 0 Å². The zero-order chi connectivity index (χ0) is 82.5. The van der Waals surface area contributed by atoms with Gasteiger partial charge in [0.05, 0.1) is 45.6 Å². The van der Waals surface area contributed by atoms with Crippen LogP contribution in [-0.4, -0.2) is 19.9 Å². The summed E-state index contributed by atoms with van der Waals surface area (Å²) in [7, 11) is 0. The normalized spacial score (nSPS) is 11.2. The molecule has 0 amide bonds. The fourth-order valence-electron chi connectivity index (χ4n) is 17.7. The molecular formula is C120H80N4. The quantitative estimate of drug-likeness (QED) is 0.0905. The molecule has 22 rings (SSSR count). The third-order valence-electron chi connectivity index (χ3n) is 23.7. The van der Waals surface area contributed by atoms with Crippen molar-refractivity contribution in [3.63, 3.8) is 0 Å². The lowest BCUT2D eigenvalue weighted by atomic mass is 9.83. The van der Waals surface area contributed by atoms with Crippen LogP contribution in [0.3, 0.4) is 0 Å². The summed E-state index contributed by atoms with van der Waals surface area (Å²) >= 11 is 0. The average Bonchev–Trinajstić information content (AvgIpc) is 0.734. The molecule has 18 aromatic carbocycles. The van der Waals surface area contributed by atoms with Crippen LogP contribution in [0.1, 0.15) is 0 Å². The third-order valence-corrected chi connectivity index (χ3v) is 23.7. The lowest BCUT2D eigenvalue weighted by Crippen LogP contribution is -1.95. The second kappa shape index (κ2) is 33.8. The van der Waals surface area contributed by atoms with Gasteiger partial charge in [-0.05, 0) is 205 Å². The maximum atomic E-state index is 5.32. The van der Waals surface area contributed by atoms with Crippen molar-refractivity contribution in [2.24, 2.45) is 0 Å². The van der Waals surface area contributed by atoms with Gasteiger partial charge in [-0.2, -0.15) is 0 Å². The van der Waals surface area contributed by atoms with Crippen molar-refractivity contribution in [3.05, 3.63) is 485 Å². The third kappa shape index (κ3) is 15.2. The lowest BCUT2D eigenvalue weighted by molar-refractivity contribution is 1.32. The number of fused-ring (bicyclic) bond motifs is 6. The van der Waals surface area contributed by atoms with Crippen molar-refractivity contribution < 1.29 is 0 Å². The number of hydrogen-bond acceptors (Lipinski definition) is 4. The molecule has 0 saturated carbocycles. The second-order valence-electron chi connectivity index (χ2n) is 31.4. The summed E-state index contributed by atoms with van der Waals surface area (Å²) in [6, 6.07) is 173. The molecule has 0 atom stereocenters. The molecule has 0 aliphatic carbocycles. The number of rotatable bonds is 16. The first-order chi connectivity index (χ1) is 61.5. The zero-order valence-electron chi connectivity index (χ0n) is 68.0. The van der Waals surface area contributed by atoms with Crippen molar-refractivity contribution in [2.75, 3.05) is 0 Å². The summed E-state index contributed by atoms with van der Waals surface area (Å²) in [5.41, 5.74) is 34.7. The highest BCUT2D eigenvalue weighted by Gasteiger charge is 2.24. The molecule has 0 aliphatic heterocycles. The highest BCUT2D eigenvalue weighted by Crippen LogP contribution is 2.50. The van der Waals surface area contributed by atoms with Crippen molar-refractivity contribution in [2.45, 2.75) is 0 Å². The minimum atomic E-state index is 0.930. The SMILES string of the molecule is c1ccc(-c2cc(-c3cccc(-c4c(-c5cccc(-c6cc(-c7ccccc7)nc(-c7ccccc7)c6)c5)c5ccccc5c5ccccc45)c3)cc(-c3ccccc3)n2)cc1.c1ccc(-c2cc(-c3ccccc3)nc(-c3cccc(-c4c(-c5cccc(-c6cc(-c7ccccc7)cc(-c7ccccc7)n6)c5)c5ccccc5c5ccccc45)c3)c2)cc1. The minimum absolute atomic E-state index is 0.930. The summed E-state index contributed by atoms with van der Waals surface area (Å²) < 4.78 is 0. The van der Waals surface area contributed by atoms with Gasteiger partial charge in [-0.3, -0.25) is 0 Å². The largest absolute Gasteiger partial charge is 0.248 e. The number of hydrogen-bond donors (Lipinski definition) is 0. The molecule has 4 nitrogen and oxygen atoms in total. The van der Waals surface area contributed by atoms with E-state index in [1.165, 1.54) is 65.3 Å². The smallest absolute Gasteiger partial charge is 0.0715 e. The van der Waals surface area contributed by atoms with Crippen LogP contribution in [0, 0.1) is 0 Å². The Bertz CT molecular complexity index is 6520. The first kappa shape index (κ1) is 75.1. The standard InChI is InChI=1S/2C60H40N2/c1-5-19-41(20-6-1)49-37-55(43-23-9-3-10-24-43)61-57(39-49)45-27-17-29-47(35-45)59-53-33-15-13-31-51(53)52-32-14-16-34-54(52)60(59)48-30-18-28-46(36-48)58-40-50(42-21-7-2-8-22-42)38-56(62-58)44-25-11-4-12-26-44;1-5-19-41(20-6-1)55-37-49(38-56(61-55)42-21-7-2-8-22-42)45-27-17-29-47(35-45)59-53-33-15-13-31-51(53)52-32-14-16-34-54(52)60(59)48-30-18-28-46(36-48)50-39-57(43-23-9-3-10-24-43)62-58(40-50)44-25-11-4-12-26-44/h2*1-40H. The zero-order valence-corrected chi connectivity index (χ0v) is 68.0. The Kier molecular flexibility index (Phi) is 20.5. The molecule has 0 fully saturated rings. The molecule has 0 spiro atoms. The van der Waals surface area contributed by atoms with Crippen LogP contribution in [0.25, 0.3) is 222 Å². The van der Waals surface area contributed by atoms with Gasteiger partial charge in [-0.25, -0.2) is 19.9 Å². The predicted octanol–water partition coefficient (Wildman–Crippen LogP) is 32.2. The summed E-state index contributed by atoms with van der Waals surface area (Å²) in [5.74, 6) is 0. The van der Waals surface area contributed by atoms with Gasteiger partial charge in [0, 0.05) is 44.5 Å². The van der Waals surface area contributed by atoms with Crippen LogP contribution < -0.4 is 0 Å². The number of nitrogens with zero attached hydrogens (tertiary/aromatic N) is 4. The molecular weight excluding hydrogens is 1500 g/mol. The fraction of sp³-hybridized carbons (Fsp3) is 0. The fourth-order valence-corrected chi connectivity index (χ4v) is 17.7. The van der Waals surface area contributed by atoms with E-state index in [4.69, 9.17) is 19.9 Å². The molecule has 0 saturated heterocycles. The lowest BCUT2D eigenvalue weighted by Gasteiger charge is -2.20. The molecule has 4 heterocycles. The van der Waals surface area contributed by atoms with Gasteiger partial charge in [-0.15, -0.1) is 0 Å². The van der Waals surface area contributed by atoms with Gasteiger partial charge < -0.3 is 0 Å². The van der Waals surface area contributed by atoms with Gasteiger partial charge in [0.2, 0.25) is 0 Å². The molecule has 22 aromatic rings. The van der Waals surface area contributed by atoms with Crippen LogP contribution in [0.2, 0.25) is 0 Å². The molecule has 0 N–H and O–H groups in total. The van der Waals surface area contributed by atoms with E-state index >= 15 is 0 Å². The molecule has 4 aromatic heterocycles. The molecule has 0 radical (unpaired) electrons. The molecule has 0 unspecified atom stereocenters. The summed E-state index contributed by atoms with van der Waals surface area (Å²) in [6.07, 6.45) is 0. The monoisotopic (exact) mass is 1580 g/mol. The van der Waals surface area contributed by atoms with Crippen molar-refractivity contribution in [1.82, 2.24) is 19.9 Å². The Morgan fingerprint density at radius 2 is 0.234 bits per heavy atom. The maximum Gasteiger partial charge on any atom is 0.0715 e. The Morgan fingerprint density at radius 1 is 0.0887 bits per heavy atom. The first-order valence-corrected chi connectivity index (χ1v) is 42.3. The van der Waals surface area contributed by atoms with Gasteiger partial charge >= 0.3 is 0 Å². The number of pyridine rings is 4. The molecule has 0 aliphatic rings. The molecule has 124 heavy (non-hydrogen) atoms. The summed E-state index contributed by atoms with van der Waals surface area (Å²) in [4.78, 5) is 21.0. The second-order valence-corrected chi connectivity index (χ2v) is 31.4. The summed E-state index contributed by atoms with van der Waals surface area (Å²) in [6.45, 7) is 0. The highest BCUT2D eigenvalue weighted by molar-refractivity contribution is 6.23. The molecule has 0 bridgehead atoms. The van der Waals surface area contributed by atoms with Crippen molar-refractivity contribution in [3.8, 4) is 179 Å². The van der Waals surface area contributed by atoms with E-state index in [-0.39, 0.29) is 0 Å². The highest BCUT2D eigenvalue weighted by atomic mass is 14.7. The Labute approximate surface area is 722 Å². The van der Waals surface area contributed by atoms with E-state index in [2.05, 4.69) is 485 Å². The number of aromatic nitrogens is 4. The van der Waals surface area contributed by atoms with Crippen LogP contribution in [0.5, 0.6) is 0 Å². The van der Waals surface area contributed by atoms with Crippen molar-refractivity contribution in [1.29, 1.82) is 0 Å².